The van der Waals surface area contributed by atoms with Crippen LogP contribution in [0.5, 0.6) is 0 Å². The summed E-state index contributed by atoms with van der Waals surface area (Å²) in [4.78, 5) is 8.69. The second-order valence-electron chi connectivity index (χ2n) is 7.36. The first-order chi connectivity index (χ1) is 9.24. The second-order valence-corrected chi connectivity index (χ2v) is 7.36. The molecule has 0 aliphatic carbocycles. The Morgan fingerprint density at radius 1 is 1.10 bits per heavy atom. The van der Waals surface area contributed by atoms with Crippen molar-refractivity contribution in [1.82, 2.24) is 9.97 Å². The average Bonchev–Trinajstić information content (AvgIpc) is 2.82. The van der Waals surface area contributed by atoms with Crippen LogP contribution in [0.3, 0.4) is 0 Å². The molecule has 2 atom stereocenters. The van der Waals surface area contributed by atoms with Crippen molar-refractivity contribution in [1.29, 1.82) is 0 Å². The molecule has 0 aliphatic heterocycles. The molecule has 0 aliphatic rings. The van der Waals surface area contributed by atoms with Gasteiger partial charge in [0, 0.05) is 17.0 Å². The van der Waals surface area contributed by atoms with Crippen molar-refractivity contribution in [3.63, 3.8) is 0 Å². The molecule has 1 aromatic heterocycles. The summed E-state index contributed by atoms with van der Waals surface area (Å²) < 4.78 is 0. The summed E-state index contributed by atoms with van der Waals surface area (Å²) >= 11 is 0. The number of aromatic nitrogens is 2. The van der Waals surface area contributed by atoms with Crippen molar-refractivity contribution in [3.05, 3.63) is 17.2 Å². The molecule has 0 saturated carbocycles. The SMILES string of the molecule is CCCC(C)(C)c1[nH]c(C(C)C(C)C)nc1C(C)CC. The Balaban J connectivity index is 3.26. The van der Waals surface area contributed by atoms with Crippen LogP contribution in [0, 0.1) is 5.92 Å². The maximum absolute atomic E-state index is 5.00. The molecule has 20 heavy (non-hydrogen) atoms. The van der Waals surface area contributed by atoms with Gasteiger partial charge in [0.15, 0.2) is 0 Å². The largest absolute Gasteiger partial charge is 0.345 e. The van der Waals surface area contributed by atoms with E-state index in [1.54, 1.807) is 0 Å². The molecular formula is C18H34N2. The summed E-state index contributed by atoms with van der Waals surface area (Å²) in [7, 11) is 0. The van der Waals surface area contributed by atoms with Crippen LogP contribution in [0.25, 0.3) is 0 Å². The lowest BCUT2D eigenvalue weighted by Gasteiger charge is -2.25. The zero-order chi connectivity index (χ0) is 15.5. The van der Waals surface area contributed by atoms with E-state index in [0.717, 1.165) is 6.42 Å². The second kappa shape index (κ2) is 6.78. The van der Waals surface area contributed by atoms with Gasteiger partial charge >= 0.3 is 0 Å². The number of hydrogen-bond donors (Lipinski definition) is 1. The van der Waals surface area contributed by atoms with Gasteiger partial charge in [-0.25, -0.2) is 4.98 Å². The highest BCUT2D eigenvalue weighted by molar-refractivity contribution is 5.27. The van der Waals surface area contributed by atoms with Crippen LogP contribution < -0.4 is 0 Å². The first-order valence-corrected chi connectivity index (χ1v) is 8.34. The third kappa shape index (κ3) is 3.65. The normalized spacial score (nSPS) is 15.7. The molecule has 0 fully saturated rings. The van der Waals surface area contributed by atoms with Crippen molar-refractivity contribution < 1.29 is 0 Å². The molecule has 116 valence electrons. The van der Waals surface area contributed by atoms with E-state index in [4.69, 9.17) is 4.98 Å². The van der Waals surface area contributed by atoms with Gasteiger partial charge in [-0.1, -0.05) is 61.8 Å². The fourth-order valence-corrected chi connectivity index (χ4v) is 2.75. The van der Waals surface area contributed by atoms with Crippen LogP contribution in [-0.2, 0) is 5.41 Å². The highest BCUT2D eigenvalue weighted by Crippen LogP contribution is 2.35. The number of nitrogens with one attached hydrogen (secondary N) is 1. The molecule has 0 radical (unpaired) electrons. The van der Waals surface area contributed by atoms with Gasteiger partial charge < -0.3 is 4.98 Å². The maximum Gasteiger partial charge on any atom is 0.109 e. The number of imidazole rings is 1. The monoisotopic (exact) mass is 278 g/mol. The number of nitrogens with zero attached hydrogens (tertiary/aromatic N) is 1. The van der Waals surface area contributed by atoms with E-state index in [-0.39, 0.29) is 5.41 Å². The van der Waals surface area contributed by atoms with E-state index in [1.165, 1.54) is 30.1 Å². The lowest BCUT2D eigenvalue weighted by atomic mass is 9.81. The Morgan fingerprint density at radius 3 is 2.15 bits per heavy atom. The Labute approximate surface area is 125 Å². The molecule has 0 bridgehead atoms. The summed E-state index contributed by atoms with van der Waals surface area (Å²) in [5, 5.41) is 0. The standard InChI is InChI=1S/C18H34N2/c1-9-11-18(7,8)16-15(13(5)10-2)19-17(20-16)14(6)12(3)4/h12-14H,9-11H2,1-8H3,(H,19,20). The Hall–Kier alpha value is -0.790. The van der Waals surface area contributed by atoms with Gasteiger partial charge in [0.25, 0.3) is 0 Å². The molecule has 1 aromatic rings. The van der Waals surface area contributed by atoms with Gasteiger partial charge in [0.1, 0.15) is 5.82 Å². The minimum atomic E-state index is 0.190. The molecule has 0 spiro atoms. The molecule has 2 unspecified atom stereocenters. The predicted octanol–water partition coefficient (Wildman–Crippen LogP) is 5.76. The minimum Gasteiger partial charge on any atom is -0.345 e. The summed E-state index contributed by atoms with van der Waals surface area (Å²) in [6.45, 7) is 18.3. The summed E-state index contributed by atoms with van der Waals surface area (Å²) in [5.74, 6) is 2.82. The van der Waals surface area contributed by atoms with E-state index >= 15 is 0 Å². The topological polar surface area (TPSA) is 28.7 Å². The van der Waals surface area contributed by atoms with Crippen molar-refractivity contribution in [2.75, 3.05) is 0 Å². The smallest absolute Gasteiger partial charge is 0.109 e. The maximum atomic E-state index is 5.00. The summed E-state index contributed by atoms with van der Waals surface area (Å²) in [5.41, 5.74) is 2.86. The molecule has 2 heteroatoms. The van der Waals surface area contributed by atoms with Crippen molar-refractivity contribution in [2.24, 2.45) is 5.92 Å². The third-order valence-electron chi connectivity index (χ3n) is 4.81. The van der Waals surface area contributed by atoms with Crippen molar-refractivity contribution >= 4 is 0 Å². The van der Waals surface area contributed by atoms with Crippen LogP contribution in [0.1, 0.15) is 104 Å². The lowest BCUT2D eigenvalue weighted by Crippen LogP contribution is -2.20. The molecular weight excluding hydrogens is 244 g/mol. The Bertz CT molecular complexity index is 415. The van der Waals surface area contributed by atoms with Crippen molar-refractivity contribution in [3.8, 4) is 0 Å². The lowest BCUT2D eigenvalue weighted by molar-refractivity contribution is 0.450. The van der Waals surface area contributed by atoms with Gasteiger partial charge in [0.05, 0.1) is 5.69 Å². The summed E-state index contributed by atoms with van der Waals surface area (Å²) in [6, 6.07) is 0. The van der Waals surface area contributed by atoms with E-state index < -0.39 is 0 Å². The van der Waals surface area contributed by atoms with Gasteiger partial charge in [-0.15, -0.1) is 0 Å². The van der Waals surface area contributed by atoms with E-state index in [9.17, 15) is 0 Å². The van der Waals surface area contributed by atoms with Crippen molar-refractivity contribution in [2.45, 2.75) is 91.9 Å². The minimum absolute atomic E-state index is 0.190. The molecule has 2 nitrogen and oxygen atoms in total. The van der Waals surface area contributed by atoms with Gasteiger partial charge in [-0.3, -0.25) is 0 Å². The Morgan fingerprint density at radius 2 is 1.70 bits per heavy atom. The summed E-state index contributed by atoms with van der Waals surface area (Å²) in [6.07, 6.45) is 3.56. The zero-order valence-electron chi connectivity index (χ0n) is 14.8. The third-order valence-corrected chi connectivity index (χ3v) is 4.81. The highest BCUT2D eigenvalue weighted by Gasteiger charge is 2.29. The molecule has 0 saturated heterocycles. The predicted molar refractivity (Wildman–Crippen MR) is 88.5 cm³/mol. The average molecular weight is 278 g/mol. The Kier molecular flexibility index (Phi) is 5.85. The quantitative estimate of drug-likeness (QED) is 0.675. The highest BCUT2D eigenvalue weighted by atomic mass is 15.0. The number of aromatic amines is 1. The molecule has 1 rings (SSSR count). The molecule has 0 aromatic carbocycles. The first-order valence-electron chi connectivity index (χ1n) is 8.34. The van der Waals surface area contributed by atoms with Crippen LogP contribution >= 0.6 is 0 Å². The number of H-pyrrole nitrogens is 1. The van der Waals surface area contributed by atoms with E-state index in [1.807, 2.05) is 0 Å². The van der Waals surface area contributed by atoms with Gasteiger partial charge in [-0.2, -0.15) is 0 Å². The van der Waals surface area contributed by atoms with Crippen LogP contribution in [0.4, 0.5) is 0 Å². The van der Waals surface area contributed by atoms with Crippen LogP contribution in [0.15, 0.2) is 0 Å². The fourth-order valence-electron chi connectivity index (χ4n) is 2.75. The zero-order valence-corrected chi connectivity index (χ0v) is 14.8. The van der Waals surface area contributed by atoms with Gasteiger partial charge in [0.2, 0.25) is 0 Å². The molecule has 1 heterocycles. The number of hydrogen-bond acceptors (Lipinski definition) is 1. The van der Waals surface area contributed by atoms with E-state index in [2.05, 4.69) is 60.4 Å². The molecule has 0 amide bonds. The van der Waals surface area contributed by atoms with Gasteiger partial charge in [-0.05, 0) is 24.7 Å². The fraction of sp³-hybridized carbons (Fsp3) is 0.833. The first kappa shape index (κ1) is 17.3. The van der Waals surface area contributed by atoms with Crippen LogP contribution in [0.2, 0.25) is 0 Å². The van der Waals surface area contributed by atoms with Crippen LogP contribution in [-0.4, -0.2) is 9.97 Å². The number of rotatable bonds is 7. The molecule has 1 N–H and O–H groups in total. The van der Waals surface area contributed by atoms with E-state index in [0.29, 0.717) is 17.8 Å².